The third-order valence-corrected chi connectivity index (χ3v) is 4.71. The maximum Gasteiger partial charge on any atom is 0.326 e. The molecule has 0 fully saturated rings. The second-order valence-electron chi connectivity index (χ2n) is 6.23. The topological polar surface area (TPSA) is 120 Å². The van der Waals surface area contributed by atoms with Gasteiger partial charge in [0.2, 0.25) is 0 Å². The summed E-state index contributed by atoms with van der Waals surface area (Å²) in [5.74, 6) is -0.794. The molecule has 1 aliphatic rings. The number of aliphatic carboxylic acids is 1. The lowest BCUT2D eigenvalue weighted by atomic mass is 9.93. The summed E-state index contributed by atoms with van der Waals surface area (Å²) in [7, 11) is 1.44. The fourth-order valence-electron chi connectivity index (χ4n) is 3.32. The van der Waals surface area contributed by atoms with Crippen molar-refractivity contribution in [3.63, 3.8) is 0 Å². The number of benzene rings is 2. The Kier molecular flexibility index (Phi) is 3.85. The first-order valence-corrected chi connectivity index (χ1v) is 8.19. The van der Waals surface area contributed by atoms with Crippen molar-refractivity contribution in [3.8, 4) is 17.6 Å². The summed E-state index contributed by atoms with van der Waals surface area (Å²) in [4.78, 5) is 17.8. The van der Waals surface area contributed by atoms with Gasteiger partial charge in [0, 0.05) is 24.6 Å². The maximum absolute atomic E-state index is 11.9. The predicted octanol–water partition coefficient (Wildman–Crippen LogP) is 2.43. The number of hydrogen-bond donors (Lipinski definition) is 2. The van der Waals surface area contributed by atoms with Crippen LogP contribution in [0.3, 0.4) is 0 Å². The molecule has 2 N–H and O–H groups in total. The second-order valence-corrected chi connectivity index (χ2v) is 6.23. The molecule has 2 aromatic carbocycles. The molecule has 1 unspecified atom stereocenters. The Bertz CT molecular complexity index is 1100. The lowest BCUT2D eigenvalue weighted by molar-refractivity contribution is -0.138. The first-order chi connectivity index (χ1) is 13.0. The van der Waals surface area contributed by atoms with Crippen LogP contribution in [-0.4, -0.2) is 34.3 Å². The first-order valence-electron chi connectivity index (χ1n) is 8.19. The number of phenolic OH excluding ortho intramolecular Hbond substituents is 1. The summed E-state index contributed by atoms with van der Waals surface area (Å²) >= 11 is 0. The Morgan fingerprint density at radius 3 is 2.93 bits per heavy atom. The van der Waals surface area contributed by atoms with E-state index in [0.29, 0.717) is 28.0 Å². The van der Waals surface area contributed by atoms with E-state index in [4.69, 9.17) is 14.4 Å². The third-order valence-electron chi connectivity index (χ3n) is 4.71. The molecule has 0 spiro atoms. The zero-order valence-electron chi connectivity index (χ0n) is 14.3. The van der Waals surface area contributed by atoms with Crippen molar-refractivity contribution in [2.45, 2.75) is 19.0 Å². The van der Waals surface area contributed by atoms with Gasteiger partial charge in [-0.3, -0.25) is 0 Å². The molecule has 8 heteroatoms. The number of nitriles is 1. The van der Waals surface area contributed by atoms with E-state index in [0.717, 1.165) is 5.56 Å². The number of aromatic hydroxyl groups is 1. The van der Waals surface area contributed by atoms with E-state index in [1.807, 2.05) is 6.07 Å². The number of nitrogens with zero attached hydrogens (tertiary/aromatic N) is 3. The standard InChI is InChI=1S/C19H15N3O5/c1-26-15-5-3-11-9-22(14(18(24)25)7-12(11)17(15)23)19-21-13-4-2-10(8-20)6-16(13)27-19/h2-6,14,23H,7,9H2,1H3,(H,24,25). The van der Waals surface area contributed by atoms with Gasteiger partial charge in [-0.05, 0) is 23.8 Å². The Balaban J connectivity index is 1.79. The van der Waals surface area contributed by atoms with Crippen molar-refractivity contribution < 1.29 is 24.2 Å². The fourth-order valence-corrected chi connectivity index (χ4v) is 3.32. The summed E-state index contributed by atoms with van der Waals surface area (Å²) in [6, 6.07) is 9.50. The van der Waals surface area contributed by atoms with Gasteiger partial charge >= 0.3 is 5.97 Å². The van der Waals surface area contributed by atoms with E-state index in [2.05, 4.69) is 4.98 Å². The van der Waals surface area contributed by atoms with Gasteiger partial charge in [-0.15, -0.1) is 0 Å². The number of rotatable bonds is 3. The smallest absolute Gasteiger partial charge is 0.326 e. The van der Waals surface area contributed by atoms with Gasteiger partial charge < -0.3 is 24.3 Å². The van der Waals surface area contributed by atoms with Crippen molar-refractivity contribution >= 4 is 23.1 Å². The lowest BCUT2D eigenvalue weighted by Gasteiger charge is -2.33. The van der Waals surface area contributed by atoms with Gasteiger partial charge in [0.25, 0.3) is 6.01 Å². The molecule has 1 aromatic heterocycles. The quantitative estimate of drug-likeness (QED) is 0.726. The monoisotopic (exact) mass is 365 g/mol. The number of hydrogen-bond acceptors (Lipinski definition) is 7. The van der Waals surface area contributed by atoms with E-state index in [1.165, 1.54) is 7.11 Å². The Morgan fingerprint density at radius 2 is 2.22 bits per heavy atom. The van der Waals surface area contributed by atoms with Crippen molar-refractivity contribution in [1.29, 1.82) is 5.26 Å². The molecule has 0 amide bonds. The molecule has 8 nitrogen and oxygen atoms in total. The fraction of sp³-hybridized carbons (Fsp3) is 0.211. The van der Waals surface area contributed by atoms with E-state index in [9.17, 15) is 15.0 Å². The average Bonchev–Trinajstić information content (AvgIpc) is 3.10. The number of carboxylic acid groups (broad SMARTS) is 1. The van der Waals surface area contributed by atoms with Crippen molar-refractivity contribution in [2.24, 2.45) is 0 Å². The molecular weight excluding hydrogens is 350 g/mol. The summed E-state index contributed by atoms with van der Waals surface area (Å²) < 4.78 is 10.8. The van der Waals surface area contributed by atoms with Crippen LogP contribution in [0.2, 0.25) is 0 Å². The van der Waals surface area contributed by atoms with Crippen LogP contribution in [0.5, 0.6) is 11.5 Å². The molecule has 27 heavy (non-hydrogen) atoms. The minimum Gasteiger partial charge on any atom is -0.504 e. The number of fused-ring (bicyclic) bond motifs is 2. The highest BCUT2D eigenvalue weighted by molar-refractivity contribution is 5.81. The molecule has 1 atom stereocenters. The Hall–Kier alpha value is -3.73. The number of oxazole rings is 1. The van der Waals surface area contributed by atoms with Gasteiger partial charge in [0.1, 0.15) is 11.6 Å². The normalized spacial score (nSPS) is 16.0. The van der Waals surface area contributed by atoms with E-state index in [-0.39, 0.29) is 24.7 Å². The van der Waals surface area contributed by atoms with Gasteiger partial charge in [0.15, 0.2) is 17.1 Å². The molecular formula is C19H15N3O5. The molecule has 0 aliphatic carbocycles. The Morgan fingerprint density at radius 1 is 1.41 bits per heavy atom. The van der Waals surface area contributed by atoms with Crippen molar-refractivity contribution in [2.75, 3.05) is 12.0 Å². The zero-order valence-corrected chi connectivity index (χ0v) is 14.3. The molecule has 136 valence electrons. The molecule has 2 heterocycles. The Labute approximate surface area is 153 Å². The van der Waals surface area contributed by atoms with Crippen LogP contribution in [-0.2, 0) is 17.8 Å². The van der Waals surface area contributed by atoms with Crippen LogP contribution in [0.1, 0.15) is 16.7 Å². The van der Waals surface area contributed by atoms with Crippen LogP contribution in [0, 0.1) is 11.3 Å². The van der Waals surface area contributed by atoms with Crippen molar-refractivity contribution in [1.82, 2.24) is 4.98 Å². The van der Waals surface area contributed by atoms with Crippen LogP contribution < -0.4 is 9.64 Å². The van der Waals surface area contributed by atoms with Gasteiger partial charge in [-0.25, -0.2) is 4.79 Å². The first kappa shape index (κ1) is 16.7. The summed E-state index contributed by atoms with van der Waals surface area (Å²) in [6.45, 7) is 0.210. The third kappa shape index (κ3) is 2.69. The molecule has 0 saturated carbocycles. The highest BCUT2D eigenvalue weighted by Gasteiger charge is 2.36. The van der Waals surface area contributed by atoms with E-state index >= 15 is 0 Å². The largest absolute Gasteiger partial charge is 0.504 e. The average molecular weight is 365 g/mol. The van der Waals surface area contributed by atoms with Crippen LogP contribution in [0.25, 0.3) is 11.1 Å². The summed E-state index contributed by atoms with van der Waals surface area (Å²) in [5.41, 5.74) is 2.70. The van der Waals surface area contributed by atoms with Crippen LogP contribution in [0.4, 0.5) is 6.01 Å². The molecule has 0 bridgehead atoms. The number of ether oxygens (including phenoxy) is 1. The number of carbonyl (C=O) groups is 1. The second kappa shape index (κ2) is 6.21. The number of carboxylic acids is 1. The van der Waals surface area contributed by atoms with Gasteiger partial charge in [-0.1, -0.05) is 6.07 Å². The van der Waals surface area contributed by atoms with Gasteiger partial charge in [0.05, 0.1) is 18.7 Å². The minimum absolute atomic E-state index is 0.0443. The lowest BCUT2D eigenvalue weighted by Crippen LogP contribution is -2.46. The minimum atomic E-state index is -1.05. The number of methoxy groups -OCH3 is 1. The summed E-state index contributed by atoms with van der Waals surface area (Å²) in [5, 5.41) is 29.1. The molecule has 3 aromatic rings. The number of aromatic nitrogens is 1. The van der Waals surface area contributed by atoms with Crippen LogP contribution >= 0.6 is 0 Å². The molecule has 1 aliphatic heterocycles. The summed E-state index contributed by atoms with van der Waals surface area (Å²) in [6.07, 6.45) is 0.0792. The van der Waals surface area contributed by atoms with Gasteiger partial charge in [-0.2, -0.15) is 10.2 Å². The zero-order chi connectivity index (χ0) is 19.1. The maximum atomic E-state index is 11.9. The molecule has 0 saturated heterocycles. The van der Waals surface area contributed by atoms with Crippen LogP contribution in [0.15, 0.2) is 34.7 Å². The van der Waals surface area contributed by atoms with E-state index in [1.54, 1.807) is 35.2 Å². The molecule has 0 radical (unpaired) electrons. The van der Waals surface area contributed by atoms with Crippen molar-refractivity contribution in [3.05, 3.63) is 47.0 Å². The van der Waals surface area contributed by atoms with E-state index < -0.39 is 12.0 Å². The highest BCUT2D eigenvalue weighted by Crippen LogP contribution is 2.38. The molecule has 4 rings (SSSR count). The number of phenols is 1. The predicted molar refractivity (Wildman–Crippen MR) is 94.7 cm³/mol. The SMILES string of the molecule is COc1ccc2c(c1O)CC(C(=O)O)N(c1nc3ccc(C#N)cc3o1)C2. The number of anilines is 1. The highest BCUT2D eigenvalue weighted by atomic mass is 16.5.